The molecule has 0 unspecified atom stereocenters. The third-order valence-electron chi connectivity index (χ3n) is 10.7. The Balaban J connectivity index is 0.000000663. The van der Waals surface area contributed by atoms with Gasteiger partial charge in [-0.2, -0.15) is 9.97 Å². The van der Waals surface area contributed by atoms with Gasteiger partial charge >= 0.3 is 0 Å². The van der Waals surface area contributed by atoms with Crippen LogP contribution in [0.25, 0.3) is 94.7 Å². The van der Waals surface area contributed by atoms with Crippen molar-refractivity contribution in [1.82, 2.24) is 24.1 Å². The van der Waals surface area contributed by atoms with Crippen LogP contribution in [0.1, 0.15) is 61.0 Å². The maximum atomic E-state index is 5.34. The van der Waals surface area contributed by atoms with Crippen molar-refractivity contribution in [1.29, 1.82) is 0 Å². The molecular weight excluding hydrogens is 827 g/mol. The summed E-state index contributed by atoms with van der Waals surface area (Å²) in [5.41, 5.74) is 11.5. The van der Waals surface area contributed by atoms with Gasteiger partial charge in [0, 0.05) is 38.4 Å². The molecule has 5 nitrogen and oxygen atoms in total. The Morgan fingerprint density at radius 2 is 0.941 bits per heavy atom. The highest BCUT2D eigenvalue weighted by Gasteiger charge is 2.23. The number of aromatic nitrogens is 5. The van der Waals surface area contributed by atoms with Crippen molar-refractivity contribution < 1.29 is 0 Å². The molecule has 10 aromatic rings. The van der Waals surface area contributed by atoms with Crippen LogP contribution in [0.2, 0.25) is 0 Å². The largest absolute Gasteiger partial charge is 0.309 e. The first-order chi connectivity index (χ1) is 33.6. The highest BCUT2D eigenvalue weighted by molar-refractivity contribution is 6.26. The maximum Gasteiger partial charge on any atom is 0.238 e. The van der Waals surface area contributed by atoms with Crippen LogP contribution in [-0.4, -0.2) is 24.1 Å². The summed E-state index contributed by atoms with van der Waals surface area (Å²) in [6.45, 7) is 30.6. The molecule has 68 heavy (non-hydrogen) atoms. The molecule has 3 heterocycles. The Hall–Kier alpha value is -8.15. The molecule has 10 rings (SSSR count). The molecular formula is C63H65N5. The average Bonchev–Trinajstić information content (AvgIpc) is 3.96. The summed E-state index contributed by atoms with van der Waals surface area (Å²) in [5.74, 6) is 1.72. The molecule has 0 saturated heterocycles. The lowest BCUT2D eigenvalue weighted by Crippen LogP contribution is -2.06. The highest BCUT2D eigenvalue weighted by Crippen LogP contribution is 2.42. The monoisotopic (exact) mass is 892 g/mol. The summed E-state index contributed by atoms with van der Waals surface area (Å²) in [6, 6.07) is 59.4. The second-order valence-corrected chi connectivity index (χ2v) is 14.2. The zero-order valence-electron chi connectivity index (χ0n) is 41.1. The highest BCUT2D eigenvalue weighted by atomic mass is 15.2. The van der Waals surface area contributed by atoms with Crippen molar-refractivity contribution in [3.8, 4) is 45.5 Å². The molecule has 3 aromatic heterocycles. The molecule has 0 spiro atoms. The number of rotatable bonds is 9. The van der Waals surface area contributed by atoms with E-state index in [4.69, 9.17) is 15.0 Å². The van der Waals surface area contributed by atoms with Gasteiger partial charge in [-0.1, -0.05) is 246 Å². The normalized spacial score (nSPS) is 10.4. The van der Waals surface area contributed by atoms with Crippen LogP contribution < -0.4 is 0 Å². The van der Waals surface area contributed by atoms with E-state index in [9.17, 15) is 0 Å². The molecule has 0 saturated carbocycles. The number of nitrogens with zero attached hydrogens (tertiary/aromatic N) is 5. The van der Waals surface area contributed by atoms with Gasteiger partial charge in [0.05, 0.1) is 22.1 Å². The van der Waals surface area contributed by atoms with Crippen molar-refractivity contribution in [2.45, 2.75) is 55.4 Å². The summed E-state index contributed by atoms with van der Waals surface area (Å²) in [6.07, 6.45) is 8.85. The van der Waals surface area contributed by atoms with E-state index < -0.39 is 0 Å². The van der Waals surface area contributed by atoms with Crippen molar-refractivity contribution in [3.05, 3.63) is 232 Å². The number of para-hydroxylation sites is 3. The first-order valence-corrected chi connectivity index (χ1v) is 23.8. The zero-order valence-corrected chi connectivity index (χ0v) is 41.1. The zero-order chi connectivity index (χ0) is 49.0. The van der Waals surface area contributed by atoms with Crippen LogP contribution >= 0.6 is 0 Å². The van der Waals surface area contributed by atoms with Crippen molar-refractivity contribution in [2.75, 3.05) is 0 Å². The number of benzene rings is 7. The Morgan fingerprint density at radius 1 is 0.412 bits per heavy atom. The molecule has 0 fully saturated rings. The van der Waals surface area contributed by atoms with Crippen molar-refractivity contribution >= 4 is 49.2 Å². The van der Waals surface area contributed by atoms with Gasteiger partial charge in [0.15, 0.2) is 11.6 Å². The van der Waals surface area contributed by atoms with Crippen LogP contribution in [0.5, 0.6) is 0 Å². The molecule has 0 atom stereocenters. The molecule has 0 amide bonds. The van der Waals surface area contributed by atoms with E-state index in [0.29, 0.717) is 17.6 Å². The van der Waals surface area contributed by atoms with Gasteiger partial charge in [0.2, 0.25) is 5.95 Å². The first-order valence-electron chi connectivity index (χ1n) is 23.8. The lowest BCUT2D eigenvalue weighted by atomic mass is 10.0. The van der Waals surface area contributed by atoms with Gasteiger partial charge in [-0.3, -0.25) is 4.57 Å². The van der Waals surface area contributed by atoms with E-state index in [1.54, 1.807) is 18.2 Å². The Labute approximate surface area is 404 Å². The van der Waals surface area contributed by atoms with Crippen LogP contribution in [0, 0.1) is 0 Å². The molecule has 342 valence electrons. The first kappa shape index (κ1) is 50.8. The SMILES string of the molecule is C=C/C=C(\C=C)c1ccc(-c2nc(-c3cccc(-c4ccccc4)c3)nc(-n3c4ccccc4c4ccc5c(c6ccccc6n5-c5ccccc5)c43)n2)cc1.C=CC=C.CC.CC.CC.CC. The summed E-state index contributed by atoms with van der Waals surface area (Å²) in [4.78, 5) is 15.8. The fourth-order valence-corrected chi connectivity index (χ4v) is 7.98. The van der Waals surface area contributed by atoms with Crippen molar-refractivity contribution in [2.24, 2.45) is 0 Å². The van der Waals surface area contributed by atoms with E-state index in [-0.39, 0.29) is 0 Å². The summed E-state index contributed by atoms with van der Waals surface area (Å²) in [5, 5.41) is 4.56. The van der Waals surface area contributed by atoms with Gasteiger partial charge in [-0.15, -0.1) is 0 Å². The summed E-state index contributed by atoms with van der Waals surface area (Å²) in [7, 11) is 0. The molecule has 0 aliphatic heterocycles. The number of allylic oxidation sites excluding steroid dienone is 6. The molecule has 0 aliphatic carbocycles. The van der Waals surface area contributed by atoms with E-state index in [1.807, 2.05) is 73.6 Å². The lowest BCUT2D eigenvalue weighted by Gasteiger charge is -2.13. The minimum Gasteiger partial charge on any atom is -0.309 e. The molecule has 0 aliphatic rings. The lowest BCUT2D eigenvalue weighted by molar-refractivity contribution is 0.955. The number of hydrogen-bond donors (Lipinski definition) is 0. The summed E-state index contributed by atoms with van der Waals surface area (Å²) < 4.78 is 4.59. The van der Waals surface area contributed by atoms with Crippen LogP contribution in [0.15, 0.2) is 227 Å². The molecule has 5 heteroatoms. The minimum atomic E-state index is 0.549. The van der Waals surface area contributed by atoms with E-state index in [1.165, 1.54) is 0 Å². The fourth-order valence-electron chi connectivity index (χ4n) is 7.98. The van der Waals surface area contributed by atoms with Gasteiger partial charge in [-0.05, 0) is 58.7 Å². The average molecular weight is 892 g/mol. The van der Waals surface area contributed by atoms with E-state index >= 15 is 0 Å². The number of fused-ring (bicyclic) bond motifs is 7. The molecule has 0 bridgehead atoms. The van der Waals surface area contributed by atoms with Crippen LogP contribution in [-0.2, 0) is 0 Å². The van der Waals surface area contributed by atoms with Gasteiger partial charge in [0.1, 0.15) is 0 Å². The van der Waals surface area contributed by atoms with E-state index in [2.05, 4.69) is 199 Å². The minimum absolute atomic E-state index is 0.549. The standard InChI is InChI=1S/C51H35N5.C4H6.4C2H6/c1-3-16-34(4-2)36-27-29-37(30-28-36)49-52-50(39-20-15-19-38(33-39)35-17-7-5-8-18-35)54-51(53-49)56-44-25-13-11-23-41(44)42-31-32-46-47(48(42)56)43-24-12-14-26-45(43)55(46)40-21-9-6-10-22-40;1-3-4-2;4*1-2/h3-33H,1-2H2;3-4H,1-2H2;4*1-2H3/b34-16+;;;;;. The smallest absolute Gasteiger partial charge is 0.238 e. The van der Waals surface area contributed by atoms with Crippen LogP contribution in [0.4, 0.5) is 0 Å². The van der Waals surface area contributed by atoms with Crippen molar-refractivity contribution in [3.63, 3.8) is 0 Å². The van der Waals surface area contributed by atoms with Gasteiger partial charge in [0.25, 0.3) is 0 Å². The molecule has 0 radical (unpaired) electrons. The quantitative estimate of drug-likeness (QED) is 0.136. The number of hydrogen-bond acceptors (Lipinski definition) is 3. The second-order valence-electron chi connectivity index (χ2n) is 14.2. The Morgan fingerprint density at radius 3 is 1.54 bits per heavy atom. The molecule has 7 aromatic carbocycles. The summed E-state index contributed by atoms with van der Waals surface area (Å²) >= 11 is 0. The maximum absolute atomic E-state index is 5.34. The van der Waals surface area contributed by atoms with E-state index in [0.717, 1.165) is 82.7 Å². The predicted molar refractivity (Wildman–Crippen MR) is 299 cm³/mol. The third-order valence-corrected chi connectivity index (χ3v) is 10.7. The second kappa shape index (κ2) is 25.5. The van der Waals surface area contributed by atoms with Crippen LogP contribution in [0.3, 0.4) is 0 Å². The topological polar surface area (TPSA) is 48.5 Å². The molecule has 0 N–H and O–H groups in total. The third kappa shape index (κ3) is 10.6. The van der Waals surface area contributed by atoms with Gasteiger partial charge < -0.3 is 4.57 Å². The Kier molecular flexibility index (Phi) is 19.1. The van der Waals surface area contributed by atoms with Gasteiger partial charge in [-0.25, -0.2) is 4.98 Å². The fraction of sp³-hybridized carbons (Fsp3) is 0.127. The predicted octanol–water partition coefficient (Wildman–Crippen LogP) is 18.3. The Bertz CT molecular complexity index is 3250.